The molecular weight excluding hydrogens is 135 g/mol. The van der Waals surface area contributed by atoms with Gasteiger partial charge in [-0.15, -0.1) is 0 Å². The van der Waals surface area contributed by atoms with Gasteiger partial charge in [-0.05, 0) is 19.8 Å². The zero-order valence-corrected chi connectivity index (χ0v) is 6.39. The average molecular weight is 148 g/mol. The third-order valence-electron chi connectivity index (χ3n) is 1.21. The molecule has 0 fully saturated rings. The zero-order valence-electron chi connectivity index (χ0n) is 6.39. The highest BCUT2D eigenvalue weighted by molar-refractivity contribution is 5.68. The number of carbonyl (C=O) groups excluding carboxylic acids is 1. The highest BCUT2D eigenvalue weighted by atomic mass is 19.1. The van der Waals surface area contributed by atoms with E-state index in [1.807, 2.05) is 0 Å². The molecule has 0 aliphatic heterocycles. The molecule has 10 heavy (non-hydrogen) atoms. The number of rotatable bonds is 4. The number of alkyl halides is 1. The Hall–Kier alpha value is -0.600. The quantitative estimate of drug-likeness (QED) is 0.567. The first-order valence-corrected chi connectivity index (χ1v) is 3.37. The Morgan fingerprint density at radius 1 is 1.70 bits per heavy atom. The maximum absolute atomic E-state index is 12.1. The van der Waals surface area contributed by atoms with Crippen LogP contribution in [-0.4, -0.2) is 19.3 Å². The molecule has 0 spiro atoms. The van der Waals surface area contributed by atoms with E-state index in [9.17, 15) is 9.18 Å². The molecule has 2 nitrogen and oxygen atoms in total. The Morgan fingerprint density at radius 2 is 2.30 bits per heavy atom. The van der Waals surface area contributed by atoms with Crippen molar-refractivity contribution < 1.29 is 13.9 Å². The molecule has 0 saturated heterocycles. The van der Waals surface area contributed by atoms with Gasteiger partial charge in [-0.3, -0.25) is 4.79 Å². The number of carbonyl (C=O) groups is 1. The molecule has 0 heterocycles. The normalized spacial score (nSPS) is 12.7. The summed E-state index contributed by atoms with van der Waals surface area (Å²) in [4.78, 5) is 10.4. The summed E-state index contributed by atoms with van der Waals surface area (Å²) in [7, 11) is 1.33. The fourth-order valence-electron chi connectivity index (χ4n) is 0.630. The van der Waals surface area contributed by atoms with E-state index in [1.54, 1.807) is 0 Å². The number of esters is 1. The van der Waals surface area contributed by atoms with Gasteiger partial charge in [-0.25, -0.2) is 4.39 Å². The minimum Gasteiger partial charge on any atom is -0.469 e. The van der Waals surface area contributed by atoms with Crippen LogP contribution in [0.4, 0.5) is 4.39 Å². The third-order valence-corrected chi connectivity index (χ3v) is 1.21. The maximum Gasteiger partial charge on any atom is 0.305 e. The van der Waals surface area contributed by atoms with Crippen LogP contribution < -0.4 is 0 Å². The maximum atomic E-state index is 12.1. The fraction of sp³-hybridized carbons (Fsp3) is 0.857. The molecule has 1 atom stereocenters. The Labute approximate surface area is 60.4 Å². The third kappa shape index (κ3) is 5.54. The summed E-state index contributed by atoms with van der Waals surface area (Å²) in [5, 5.41) is 0. The highest BCUT2D eigenvalue weighted by Gasteiger charge is 2.02. The molecule has 0 aliphatic rings. The van der Waals surface area contributed by atoms with Gasteiger partial charge in [0.15, 0.2) is 0 Å². The smallest absolute Gasteiger partial charge is 0.305 e. The van der Waals surface area contributed by atoms with Crippen molar-refractivity contribution in [1.82, 2.24) is 0 Å². The molecule has 0 bridgehead atoms. The number of hydrogen-bond acceptors (Lipinski definition) is 2. The van der Waals surface area contributed by atoms with Crippen molar-refractivity contribution in [3.05, 3.63) is 0 Å². The molecule has 3 heteroatoms. The molecule has 60 valence electrons. The monoisotopic (exact) mass is 148 g/mol. The van der Waals surface area contributed by atoms with Crippen molar-refractivity contribution in [2.75, 3.05) is 7.11 Å². The molecule has 0 aromatic heterocycles. The van der Waals surface area contributed by atoms with Crippen LogP contribution >= 0.6 is 0 Å². The van der Waals surface area contributed by atoms with Crippen LogP contribution in [0.15, 0.2) is 0 Å². The van der Waals surface area contributed by atoms with Gasteiger partial charge in [0.1, 0.15) is 0 Å². The Kier molecular flexibility index (Phi) is 4.89. The molecule has 0 radical (unpaired) electrons. The second kappa shape index (κ2) is 5.21. The number of hydrogen-bond donors (Lipinski definition) is 0. The number of ether oxygens (including phenoxy) is 1. The first-order valence-electron chi connectivity index (χ1n) is 3.37. The predicted octanol–water partition coefficient (Wildman–Crippen LogP) is 1.69. The summed E-state index contributed by atoms with van der Waals surface area (Å²) in [5.74, 6) is -0.263. The lowest BCUT2D eigenvalue weighted by Gasteiger charge is -1.99. The van der Waals surface area contributed by atoms with E-state index in [0.717, 1.165) is 0 Å². The fourth-order valence-corrected chi connectivity index (χ4v) is 0.630. The van der Waals surface area contributed by atoms with Crippen LogP contribution in [-0.2, 0) is 9.53 Å². The highest BCUT2D eigenvalue weighted by Crippen LogP contribution is 2.03. The van der Waals surface area contributed by atoms with E-state index in [2.05, 4.69) is 4.74 Å². The van der Waals surface area contributed by atoms with E-state index >= 15 is 0 Å². The lowest BCUT2D eigenvalue weighted by Crippen LogP contribution is -2.01. The predicted molar refractivity (Wildman–Crippen MR) is 36.4 cm³/mol. The summed E-state index contributed by atoms with van der Waals surface area (Å²) in [5.41, 5.74) is 0. The van der Waals surface area contributed by atoms with Gasteiger partial charge in [0, 0.05) is 6.42 Å². The van der Waals surface area contributed by atoms with Crippen molar-refractivity contribution in [3.8, 4) is 0 Å². The summed E-state index contributed by atoms with van der Waals surface area (Å²) >= 11 is 0. The van der Waals surface area contributed by atoms with Gasteiger partial charge >= 0.3 is 5.97 Å². The van der Waals surface area contributed by atoms with E-state index in [0.29, 0.717) is 19.3 Å². The first-order chi connectivity index (χ1) is 4.66. The SMILES string of the molecule is COC(=O)CCC[C@H](C)F. The molecule has 0 saturated carbocycles. The van der Waals surface area contributed by atoms with E-state index in [-0.39, 0.29) is 5.97 Å². The Balaban J connectivity index is 3.12. The van der Waals surface area contributed by atoms with Crippen LogP contribution in [0.25, 0.3) is 0 Å². The summed E-state index contributed by atoms with van der Waals surface area (Å²) in [6, 6.07) is 0. The Morgan fingerprint density at radius 3 is 2.70 bits per heavy atom. The second-order valence-corrected chi connectivity index (χ2v) is 2.25. The lowest BCUT2D eigenvalue weighted by molar-refractivity contribution is -0.140. The second-order valence-electron chi connectivity index (χ2n) is 2.25. The van der Waals surface area contributed by atoms with Crippen molar-refractivity contribution >= 4 is 5.97 Å². The zero-order chi connectivity index (χ0) is 7.98. The molecule has 0 N–H and O–H groups in total. The van der Waals surface area contributed by atoms with Crippen LogP contribution in [0.1, 0.15) is 26.2 Å². The molecule has 0 unspecified atom stereocenters. The van der Waals surface area contributed by atoms with Crippen molar-refractivity contribution in [2.24, 2.45) is 0 Å². The van der Waals surface area contributed by atoms with E-state index < -0.39 is 6.17 Å². The largest absolute Gasteiger partial charge is 0.469 e. The molecule has 0 aromatic carbocycles. The van der Waals surface area contributed by atoms with Crippen molar-refractivity contribution in [3.63, 3.8) is 0 Å². The van der Waals surface area contributed by atoms with Gasteiger partial charge in [-0.2, -0.15) is 0 Å². The summed E-state index contributed by atoms with van der Waals surface area (Å²) < 4.78 is 16.5. The number of halogens is 1. The molecular formula is C7H13FO2. The molecule has 0 amide bonds. The minimum absolute atomic E-state index is 0.263. The summed E-state index contributed by atoms with van der Waals surface area (Å²) in [6.07, 6.45) is 0.522. The minimum atomic E-state index is -0.815. The van der Waals surface area contributed by atoms with Crippen LogP contribution in [0, 0.1) is 0 Å². The van der Waals surface area contributed by atoms with E-state index in [4.69, 9.17) is 0 Å². The van der Waals surface area contributed by atoms with Gasteiger partial charge in [-0.1, -0.05) is 0 Å². The first kappa shape index (κ1) is 9.40. The summed E-state index contributed by atoms with van der Waals surface area (Å²) in [6.45, 7) is 1.48. The van der Waals surface area contributed by atoms with Gasteiger partial charge in [0.2, 0.25) is 0 Å². The van der Waals surface area contributed by atoms with Crippen LogP contribution in [0.5, 0.6) is 0 Å². The topological polar surface area (TPSA) is 26.3 Å². The van der Waals surface area contributed by atoms with Gasteiger partial charge in [0.25, 0.3) is 0 Å². The van der Waals surface area contributed by atoms with Gasteiger partial charge in [0.05, 0.1) is 13.3 Å². The van der Waals surface area contributed by atoms with Crippen LogP contribution in [0.2, 0.25) is 0 Å². The Bertz CT molecular complexity index is 102. The van der Waals surface area contributed by atoms with Crippen LogP contribution in [0.3, 0.4) is 0 Å². The molecule has 0 aliphatic carbocycles. The van der Waals surface area contributed by atoms with E-state index in [1.165, 1.54) is 14.0 Å². The lowest BCUT2D eigenvalue weighted by atomic mass is 10.2. The standard InChI is InChI=1S/C7H13FO2/c1-6(8)4-3-5-7(9)10-2/h6H,3-5H2,1-2H3/t6-/m0/s1. The number of methoxy groups -OCH3 is 1. The van der Waals surface area contributed by atoms with Crippen molar-refractivity contribution in [2.45, 2.75) is 32.4 Å². The molecule has 0 rings (SSSR count). The van der Waals surface area contributed by atoms with Crippen molar-refractivity contribution in [1.29, 1.82) is 0 Å². The average Bonchev–Trinajstić information content (AvgIpc) is 1.87. The van der Waals surface area contributed by atoms with Gasteiger partial charge < -0.3 is 4.74 Å². The molecule has 0 aromatic rings.